The van der Waals surface area contributed by atoms with Crippen molar-refractivity contribution in [3.8, 4) is 0 Å². The summed E-state index contributed by atoms with van der Waals surface area (Å²) in [7, 11) is 0. The van der Waals surface area contributed by atoms with E-state index in [9.17, 15) is 0 Å². The van der Waals surface area contributed by atoms with Crippen LogP contribution in [-0.2, 0) is 4.84 Å². The third kappa shape index (κ3) is 3.44. The van der Waals surface area contributed by atoms with Crippen LogP contribution >= 0.6 is 11.8 Å². The lowest BCUT2D eigenvalue weighted by Gasteiger charge is -1.99. The Hall–Kier alpha value is -0.960. The molecule has 0 saturated heterocycles. The van der Waals surface area contributed by atoms with Crippen LogP contribution in [0.25, 0.3) is 0 Å². The molecular formula is C9H11NOS. The molecular weight excluding hydrogens is 170 g/mol. The molecule has 0 heterocycles. The zero-order chi connectivity index (χ0) is 8.65. The standard InChI is InChI=1S/C9H11NOS/c1-10-11-7-8-12-9-5-3-2-4-6-9/h2-6H,1,7-8H2. The largest absolute Gasteiger partial charge is 0.395 e. The number of hydrogen-bond donors (Lipinski definition) is 0. The Morgan fingerprint density at radius 2 is 2.08 bits per heavy atom. The Morgan fingerprint density at radius 3 is 2.75 bits per heavy atom. The molecule has 64 valence electrons. The van der Waals surface area contributed by atoms with E-state index in [2.05, 4.69) is 24.0 Å². The molecule has 1 aromatic rings. The summed E-state index contributed by atoms with van der Waals surface area (Å²) in [6, 6.07) is 10.2. The summed E-state index contributed by atoms with van der Waals surface area (Å²) in [4.78, 5) is 6.00. The first-order chi connectivity index (χ1) is 5.93. The molecule has 1 aromatic carbocycles. The number of hydrogen-bond acceptors (Lipinski definition) is 3. The van der Waals surface area contributed by atoms with E-state index in [-0.39, 0.29) is 0 Å². The number of nitrogens with zero attached hydrogens (tertiary/aromatic N) is 1. The highest BCUT2D eigenvalue weighted by atomic mass is 32.2. The molecule has 0 aliphatic carbocycles. The van der Waals surface area contributed by atoms with Gasteiger partial charge in [-0.1, -0.05) is 18.2 Å². The number of oxime groups is 1. The summed E-state index contributed by atoms with van der Waals surface area (Å²) >= 11 is 1.75. The van der Waals surface area contributed by atoms with E-state index in [1.54, 1.807) is 11.8 Å². The van der Waals surface area contributed by atoms with Crippen LogP contribution in [0.2, 0.25) is 0 Å². The quantitative estimate of drug-likeness (QED) is 0.301. The molecule has 1 rings (SSSR count). The molecule has 0 amide bonds. The van der Waals surface area contributed by atoms with Crippen LogP contribution < -0.4 is 0 Å². The summed E-state index contributed by atoms with van der Waals surface area (Å²) in [6.07, 6.45) is 0. The second kappa shape index (κ2) is 5.66. The summed E-state index contributed by atoms with van der Waals surface area (Å²) in [5.74, 6) is 0.906. The van der Waals surface area contributed by atoms with Gasteiger partial charge in [-0.05, 0) is 12.1 Å². The fourth-order valence-electron chi connectivity index (χ4n) is 0.778. The summed E-state index contributed by atoms with van der Waals surface area (Å²) in [6.45, 7) is 3.84. The molecule has 0 radical (unpaired) electrons. The molecule has 12 heavy (non-hydrogen) atoms. The first-order valence-electron chi connectivity index (χ1n) is 3.69. The van der Waals surface area contributed by atoms with Gasteiger partial charge in [0.05, 0.1) is 0 Å². The fourth-order valence-corrected chi connectivity index (χ4v) is 1.52. The van der Waals surface area contributed by atoms with Gasteiger partial charge in [-0.25, -0.2) is 0 Å². The average molecular weight is 181 g/mol. The van der Waals surface area contributed by atoms with Crippen molar-refractivity contribution in [1.29, 1.82) is 0 Å². The van der Waals surface area contributed by atoms with E-state index in [1.165, 1.54) is 4.90 Å². The number of benzene rings is 1. The summed E-state index contributed by atoms with van der Waals surface area (Å²) in [5, 5.41) is 3.30. The van der Waals surface area contributed by atoms with Crippen LogP contribution in [0.15, 0.2) is 40.4 Å². The van der Waals surface area contributed by atoms with E-state index in [1.807, 2.05) is 18.2 Å². The molecule has 2 nitrogen and oxygen atoms in total. The van der Waals surface area contributed by atoms with Gasteiger partial charge >= 0.3 is 0 Å². The molecule has 0 aliphatic rings. The van der Waals surface area contributed by atoms with Gasteiger partial charge in [0.15, 0.2) is 0 Å². The number of thioether (sulfide) groups is 1. The lowest BCUT2D eigenvalue weighted by molar-refractivity contribution is 0.164. The molecule has 0 saturated carbocycles. The topological polar surface area (TPSA) is 21.6 Å². The van der Waals surface area contributed by atoms with Gasteiger partial charge in [0, 0.05) is 17.4 Å². The smallest absolute Gasteiger partial charge is 0.126 e. The normalized spacial score (nSPS) is 9.33. The third-order valence-corrected chi connectivity index (χ3v) is 2.25. The molecule has 0 N–H and O–H groups in total. The zero-order valence-corrected chi connectivity index (χ0v) is 7.59. The van der Waals surface area contributed by atoms with Gasteiger partial charge in [0.1, 0.15) is 6.61 Å². The minimum atomic E-state index is 0.614. The zero-order valence-electron chi connectivity index (χ0n) is 6.77. The SMILES string of the molecule is C=NOCCSc1ccccc1. The van der Waals surface area contributed by atoms with E-state index >= 15 is 0 Å². The molecule has 0 unspecified atom stereocenters. The van der Waals surface area contributed by atoms with Crippen molar-refractivity contribution in [2.75, 3.05) is 12.4 Å². The highest BCUT2D eigenvalue weighted by Gasteiger charge is 1.91. The van der Waals surface area contributed by atoms with Crippen LogP contribution in [0.3, 0.4) is 0 Å². The maximum Gasteiger partial charge on any atom is 0.126 e. The molecule has 0 aliphatic heterocycles. The van der Waals surface area contributed by atoms with Crippen molar-refractivity contribution >= 4 is 18.5 Å². The van der Waals surface area contributed by atoms with E-state index in [0.717, 1.165) is 5.75 Å². The van der Waals surface area contributed by atoms with Crippen molar-refractivity contribution in [2.45, 2.75) is 4.90 Å². The van der Waals surface area contributed by atoms with E-state index < -0.39 is 0 Å². The van der Waals surface area contributed by atoms with Crippen LogP contribution in [-0.4, -0.2) is 19.1 Å². The Morgan fingerprint density at radius 1 is 1.33 bits per heavy atom. The van der Waals surface area contributed by atoms with E-state index in [4.69, 9.17) is 4.84 Å². The summed E-state index contributed by atoms with van der Waals surface area (Å²) in [5.41, 5.74) is 0. The highest BCUT2D eigenvalue weighted by Crippen LogP contribution is 2.15. The number of rotatable bonds is 5. The van der Waals surface area contributed by atoms with Crippen molar-refractivity contribution in [3.63, 3.8) is 0 Å². The Kier molecular flexibility index (Phi) is 4.31. The molecule has 3 heteroatoms. The van der Waals surface area contributed by atoms with Gasteiger partial charge < -0.3 is 4.84 Å². The van der Waals surface area contributed by atoms with Crippen molar-refractivity contribution in [3.05, 3.63) is 30.3 Å². The van der Waals surface area contributed by atoms with Gasteiger partial charge in [-0.15, -0.1) is 16.9 Å². The Balaban J connectivity index is 2.20. The maximum atomic E-state index is 4.75. The second-order valence-electron chi connectivity index (χ2n) is 2.12. The fraction of sp³-hybridized carbons (Fsp3) is 0.222. The second-order valence-corrected chi connectivity index (χ2v) is 3.29. The van der Waals surface area contributed by atoms with Crippen LogP contribution in [0.1, 0.15) is 0 Å². The van der Waals surface area contributed by atoms with Crippen LogP contribution in [0, 0.1) is 0 Å². The van der Waals surface area contributed by atoms with Gasteiger partial charge in [0.2, 0.25) is 0 Å². The molecule has 0 aromatic heterocycles. The minimum Gasteiger partial charge on any atom is -0.395 e. The molecule has 0 atom stereocenters. The van der Waals surface area contributed by atoms with Crippen LogP contribution in [0.4, 0.5) is 0 Å². The van der Waals surface area contributed by atoms with Gasteiger partial charge in [0.25, 0.3) is 0 Å². The maximum absolute atomic E-state index is 4.75. The van der Waals surface area contributed by atoms with Gasteiger partial charge in [-0.3, -0.25) is 0 Å². The predicted molar refractivity (Wildman–Crippen MR) is 52.7 cm³/mol. The molecule has 0 fully saturated rings. The summed E-state index contributed by atoms with van der Waals surface area (Å²) < 4.78 is 0. The van der Waals surface area contributed by atoms with Gasteiger partial charge in [-0.2, -0.15) is 0 Å². The average Bonchev–Trinajstić information content (AvgIpc) is 2.14. The van der Waals surface area contributed by atoms with Crippen molar-refractivity contribution in [1.82, 2.24) is 0 Å². The van der Waals surface area contributed by atoms with Crippen molar-refractivity contribution in [2.24, 2.45) is 5.16 Å². The van der Waals surface area contributed by atoms with E-state index in [0.29, 0.717) is 6.61 Å². The molecule has 0 bridgehead atoms. The lowest BCUT2D eigenvalue weighted by Crippen LogP contribution is -1.89. The van der Waals surface area contributed by atoms with Crippen LogP contribution in [0.5, 0.6) is 0 Å². The Labute approximate surface area is 76.6 Å². The minimum absolute atomic E-state index is 0.614. The monoisotopic (exact) mass is 181 g/mol. The third-order valence-electron chi connectivity index (χ3n) is 1.28. The first-order valence-corrected chi connectivity index (χ1v) is 4.68. The lowest BCUT2D eigenvalue weighted by atomic mass is 10.4. The predicted octanol–water partition coefficient (Wildman–Crippen LogP) is 2.41. The first kappa shape index (κ1) is 9.13. The highest BCUT2D eigenvalue weighted by molar-refractivity contribution is 7.99. The molecule has 0 spiro atoms. The Bertz CT molecular complexity index is 225. The van der Waals surface area contributed by atoms with Crippen molar-refractivity contribution < 1.29 is 4.84 Å².